The first-order valence-corrected chi connectivity index (χ1v) is 11.0. The molecule has 30 heavy (non-hydrogen) atoms. The molecule has 0 bridgehead atoms. The number of aryl methyl sites for hydroxylation is 1. The number of benzene rings is 1. The molecule has 10 heteroatoms. The minimum absolute atomic E-state index is 0.0145. The molecule has 0 spiro atoms. The number of nitrogens with zero attached hydrogens (tertiary/aromatic N) is 3. The first-order chi connectivity index (χ1) is 14.0. The molecule has 1 saturated heterocycles. The Morgan fingerprint density at radius 2 is 1.97 bits per heavy atom. The van der Waals surface area contributed by atoms with E-state index in [1.54, 1.807) is 0 Å². The number of alkyl halides is 3. The molecule has 6 nitrogen and oxygen atoms in total. The highest BCUT2D eigenvalue weighted by atomic mass is 32.2. The second kappa shape index (κ2) is 8.50. The lowest BCUT2D eigenvalue weighted by molar-refractivity contribution is -0.0436. The van der Waals surface area contributed by atoms with E-state index in [-0.39, 0.29) is 5.75 Å². The normalized spacial score (nSPS) is 18.4. The average molecular weight is 443 g/mol. The number of aromatic nitrogens is 2. The largest absolute Gasteiger partial charge is 0.501 e. The molecule has 0 aliphatic carbocycles. The predicted molar refractivity (Wildman–Crippen MR) is 106 cm³/mol. The molecule has 1 aromatic carbocycles. The van der Waals surface area contributed by atoms with Gasteiger partial charge in [-0.2, -0.15) is 18.3 Å². The molecule has 1 fully saturated rings. The van der Waals surface area contributed by atoms with Crippen molar-refractivity contribution in [2.24, 2.45) is 5.92 Å². The molecule has 0 N–H and O–H groups in total. The Morgan fingerprint density at radius 1 is 1.23 bits per heavy atom. The van der Waals surface area contributed by atoms with Crippen LogP contribution in [0.15, 0.2) is 29.2 Å². The van der Waals surface area contributed by atoms with Gasteiger partial charge in [0.25, 0.3) is 9.84 Å². The van der Waals surface area contributed by atoms with Gasteiger partial charge in [0, 0.05) is 12.1 Å². The van der Waals surface area contributed by atoms with Crippen molar-refractivity contribution in [1.29, 1.82) is 0 Å². The minimum Gasteiger partial charge on any atom is -0.496 e. The second-order valence-electron chi connectivity index (χ2n) is 7.65. The number of sulfone groups is 1. The molecule has 3 rings (SSSR count). The van der Waals surface area contributed by atoms with E-state index in [2.05, 4.69) is 22.1 Å². The third-order valence-corrected chi connectivity index (χ3v) is 6.78. The van der Waals surface area contributed by atoms with Gasteiger partial charge in [0.05, 0.1) is 23.4 Å². The molecule has 0 unspecified atom stereocenters. The van der Waals surface area contributed by atoms with Crippen LogP contribution in [0.1, 0.15) is 24.1 Å². The fraction of sp³-hybridized carbons (Fsp3) is 0.500. The van der Waals surface area contributed by atoms with E-state index in [0.717, 1.165) is 55.7 Å². The topological polar surface area (TPSA) is 72.4 Å². The van der Waals surface area contributed by atoms with Crippen LogP contribution >= 0.6 is 0 Å². The molecule has 0 saturated carbocycles. The van der Waals surface area contributed by atoms with Crippen molar-refractivity contribution in [1.82, 2.24) is 15.1 Å². The third kappa shape index (κ3) is 4.59. The maximum atomic E-state index is 12.8. The Kier molecular flexibility index (Phi) is 6.37. The van der Waals surface area contributed by atoms with Gasteiger partial charge in [-0.25, -0.2) is 8.42 Å². The van der Waals surface area contributed by atoms with Gasteiger partial charge in [0.1, 0.15) is 5.75 Å². The first kappa shape index (κ1) is 22.5. The Labute approximate surface area is 174 Å². The summed E-state index contributed by atoms with van der Waals surface area (Å²) in [6.45, 7) is 3.94. The summed E-state index contributed by atoms with van der Waals surface area (Å²) >= 11 is 0. The highest BCUT2D eigenvalue weighted by molar-refractivity contribution is 7.92. The number of piperidine rings is 1. The SMILES string of the molecule is COc1cc(S(=O)(=O)C(F)(F)F)ccc1-c1nnc(C[C@@H]2CCCN(C)C2)cc1C. The minimum atomic E-state index is -5.47. The molecular formula is C20H24F3N3O3S. The summed E-state index contributed by atoms with van der Waals surface area (Å²) in [7, 11) is -2.10. The van der Waals surface area contributed by atoms with Crippen molar-refractivity contribution >= 4 is 9.84 Å². The van der Waals surface area contributed by atoms with E-state index in [4.69, 9.17) is 4.74 Å². The molecule has 164 valence electrons. The number of likely N-dealkylation sites (tertiary alicyclic amines) is 1. The van der Waals surface area contributed by atoms with Crippen molar-refractivity contribution in [3.8, 4) is 17.0 Å². The van der Waals surface area contributed by atoms with E-state index in [1.807, 2.05) is 13.0 Å². The Balaban J connectivity index is 1.90. The van der Waals surface area contributed by atoms with E-state index in [9.17, 15) is 21.6 Å². The lowest BCUT2D eigenvalue weighted by atomic mass is 9.93. The van der Waals surface area contributed by atoms with Gasteiger partial charge in [-0.15, -0.1) is 5.10 Å². The summed E-state index contributed by atoms with van der Waals surface area (Å²) in [5.41, 5.74) is -2.93. The van der Waals surface area contributed by atoms with E-state index < -0.39 is 20.2 Å². The van der Waals surface area contributed by atoms with Crippen LogP contribution in [0.25, 0.3) is 11.3 Å². The summed E-state index contributed by atoms with van der Waals surface area (Å²) in [5.74, 6) is 0.490. The molecule has 0 amide bonds. The predicted octanol–water partition coefficient (Wildman–Crippen LogP) is 3.64. The van der Waals surface area contributed by atoms with Gasteiger partial charge in [-0.05, 0) is 75.5 Å². The van der Waals surface area contributed by atoms with Crippen molar-refractivity contribution in [2.45, 2.75) is 36.6 Å². The van der Waals surface area contributed by atoms with E-state index in [1.165, 1.54) is 13.2 Å². The Hall–Kier alpha value is -2.20. The standard InChI is InChI=1S/C20H24F3N3O3S/c1-13-9-15(10-14-5-4-8-26(2)12-14)24-25-19(13)17-7-6-16(11-18(17)29-3)30(27,28)20(21,22)23/h6-7,9,11,14H,4-5,8,10,12H2,1-3H3/t14-/m0/s1. The van der Waals surface area contributed by atoms with Gasteiger partial charge in [-0.1, -0.05) is 0 Å². The van der Waals surface area contributed by atoms with Gasteiger partial charge in [0.2, 0.25) is 0 Å². The molecule has 2 heterocycles. The van der Waals surface area contributed by atoms with Crippen LogP contribution in [0.4, 0.5) is 13.2 Å². The maximum absolute atomic E-state index is 12.8. The van der Waals surface area contributed by atoms with Crippen LogP contribution in [-0.2, 0) is 16.3 Å². The quantitative estimate of drug-likeness (QED) is 0.703. The summed E-state index contributed by atoms with van der Waals surface area (Å²) in [4.78, 5) is 1.42. The van der Waals surface area contributed by atoms with Crippen LogP contribution in [0.5, 0.6) is 5.75 Å². The number of hydrogen-bond acceptors (Lipinski definition) is 6. The van der Waals surface area contributed by atoms with Crippen LogP contribution in [0.2, 0.25) is 0 Å². The summed E-state index contributed by atoms with van der Waals surface area (Å²) in [6, 6.07) is 4.96. The average Bonchev–Trinajstić information content (AvgIpc) is 2.67. The lowest BCUT2D eigenvalue weighted by Crippen LogP contribution is -2.33. The second-order valence-corrected chi connectivity index (χ2v) is 9.59. The van der Waals surface area contributed by atoms with Crippen molar-refractivity contribution < 1.29 is 26.3 Å². The monoisotopic (exact) mass is 443 g/mol. The van der Waals surface area contributed by atoms with Crippen molar-refractivity contribution in [3.05, 3.63) is 35.5 Å². The molecule has 1 aromatic heterocycles. The number of methoxy groups -OCH3 is 1. The maximum Gasteiger partial charge on any atom is 0.501 e. The van der Waals surface area contributed by atoms with Crippen LogP contribution in [-0.4, -0.2) is 56.3 Å². The highest BCUT2D eigenvalue weighted by Gasteiger charge is 2.47. The smallest absolute Gasteiger partial charge is 0.496 e. The zero-order chi connectivity index (χ0) is 22.1. The van der Waals surface area contributed by atoms with Crippen molar-refractivity contribution in [2.75, 3.05) is 27.2 Å². The Morgan fingerprint density at radius 3 is 2.57 bits per heavy atom. The lowest BCUT2D eigenvalue weighted by Gasteiger charge is -2.29. The molecule has 2 aromatic rings. The van der Waals surface area contributed by atoms with Gasteiger partial charge < -0.3 is 9.64 Å². The zero-order valence-corrected chi connectivity index (χ0v) is 17.8. The fourth-order valence-electron chi connectivity index (χ4n) is 3.81. The number of rotatable bonds is 5. The Bertz CT molecular complexity index is 1030. The van der Waals surface area contributed by atoms with Gasteiger partial charge >= 0.3 is 5.51 Å². The highest BCUT2D eigenvalue weighted by Crippen LogP contribution is 2.37. The number of hydrogen-bond donors (Lipinski definition) is 0. The summed E-state index contributed by atoms with van der Waals surface area (Å²) in [5, 5.41) is 8.57. The van der Waals surface area contributed by atoms with Crippen LogP contribution in [0, 0.1) is 12.8 Å². The number of halogens is 3. The van der Waals surface area contributed by atoms with Crippen LogP contribution < -0.4 is 4.74 Å². The van der Waals surface area contributed by atoms with Crippen molar-refractivity contribution in [3.63, 3.8) is 0 Å². The first-order valence-electron chi connectivity index (χ1n) is 9.54. The molecule has 0 radical (unpaired) electrons. The third-order valence-electron chi connectivity index (χ3n) is 5.30. The number of ether oxygens (including phenoxy) is 1. The van der Waals surface area contributed by atoms with Gasteiger partial charge in [0.15, 0.2) is 0 Å². The summed E-state index contributed by atoms with van der Waals surface area (Å²) in [6.07, 6.45) is 3.09. The molecule has 1 atom stereocenters. The molecule has 1 aliphatic heterocycles. The van der Waals surface area contributed by atoms with E-state index >= 15 is 0 Å². The fourth-order valence-corrected chi connectivity index (χ4v) is 4.59. The molecular weight excluding hydrogens is 419 g/mol. The molecule has 1 aliphatic rings. The van der Waals surface area contributed by atoms with E-state index in [0.29, 0.717) is 17.2 Å². The zero-order valence-electron chi connectivity index (χ0n) is 17.0. The van der Waals surface area contributed by atoms with Gasteiger partial charge in [-0.3, -0.25) is 0 Å². The summed E-state index contributed by atoms with van der Waals surface area (Å²) < 4.78 is 67.1. The van der Waals surface area contributed by atoms with Crippen LogP contribution in [0.3, 0.4) is 0 Å².